The van der Waals surface area contributed by atoms with E-state index in [-0.39, 0.29) is 18.5 Å². The van der Waals surface area contributed by atoms with E-state index in [1.54, 1.807) is 0 Å². The summed E-state index contributed by atoms with van der Waals surface area (Å²) in [4.78, 5) is 30.9. The summed E-state index contributed by atoms with van der Waals surface area (Å²) in [7, 11) is 2.11. The van der Waals surface area contributed by atoms with Crippen molar-refractivity contribution >= 4 is 11.9 Å². The number of rotatable bonds is 6. The molecule has 3 heterocycles. The van der Waals surface area contributed by atoms with E-state index >= 15 is 0 Å². The Morgan fingerprint density at radius 2 is 2.32 bits per heavy atom. The second kappa shape index (κ2) is 6.48. The molecule has 2 aliphatic heterocycles. The first-order chi connectivity index (χ1) is 10.6. The number of carbonyl (C=O) groups excluding carboxylic acids is 2. The fourth-order valence-corrected chi connectivity index (χ4v) is 3.30. The first kappa shape index (κ1) is 15.0. The zero-order valence-corrected chi connectivity index (χ0v) is 13.0. The van der Waals surface area contributed by atoms with E-state index in [4.69, 9.17) is 0 Å². The zero-order valence-electron chi connectivity index (χ0n) is 13.0. The lowest BCUT2D eigenvalue weighted by molar-refractivity contribution is -0.125. The van der Waals surface area contributed by atoms with Crippen LogP contribution >= 0.6 is 0 Å². The van der Waals surface area contributed by atoms with Crippen molar-refractivity contribution < 1.29 is 9.59 Å². The Morgan fingerprint density at radius 1 is 1.45 bits per heavy atom. The topological polar surface area (TPSA) is 70.5 Å². The Morgan fingerprint density at radius 3 is 3.09 bits per heavy atom. The van der Waals surface area contributed by atoms with Crippen LogP contribution in [0.5, 0.6) is 0 Å². The summed E-state index contributed by atoms with van der Waals surface area (Å²) in [6, 6.07) is -0.257. The number of imide groups is 1. The van der Waals surface area contributed by atoms with Gasteiger partial charge in [-0.3, -0.25) is 9.69 Å². The van der Waals surface area contributed by atoms with Crippen LogP contribution in [0.2, 0.25) is 0 Å². The summed E-state index contributed by atoms with van der Waals surface area (Å²) >= 11 is 0. The fourth-order valence-electron chi connectivity index (χ4n) is 3.30. The summed E-state index contributed by atoms with van der Waals surface area (Å²) < 4.78 is 2.25. The monoisotopic (exact) mass is 305 g/mol. The number of carbonyl (C=O) groups is 2. The summed E-state index contributed by atoms with van der Waals surface area (Å²) in [5, 5.41) is 2.55. The van der Waals surface area contributed by atoms with E-state index in [0.29, 0.717) is 12.5 Å². The Hall–Kier alpha value is -1.89. The van der Waals surface area contributed by atoms with Crippen molar-refractivity contribution in [3.63, 3.8) is 0 Å². The minimum atomic E-state index is -0.257. The van der Waals surface area contributed by atoms with Gasteiger partial charge in [0.2, 0.25) is 5.91 Å². The quantitative estimate of drug-likeness (QED) is 0.768. The molecule has 0 spiro atoms. The van der Waals surface area contributed by atoms with E-state index in [1.807, 2.05) is 6.20 Å². The minimum Gasteiger partial charge on any atom is -0.335 e. The van der Waals surface area contributed by atoms with E-state index in [9.17, 15) is 9.59 Å². The Kier molecular flexibility index (Phi) is 4.42. The molecule has 1 atom stereocenters. The second-order valence-corrected chi connectivity index (χ2v) is 6.22. The molecule has 0 aliphatic carbocycles. The van der Waals surface area contributed by atoms with Crippen LogP contribution in [0.25, 0.3) is 0 Å². The number of imidazole rings is 1. The molecule has 7 nitrogen and oxygen atoms in total. The highest BCUT2D eigenvalue weighted by molar-refractivity contribution is 6.01. The molecule has 0 saturated carbocycles. The number of hydrogen-bond acceptors (Lipinski definition) is 4. The SMILES string of the molecule is CN(CCCN1C(=O)CNC1=O)CC1CCc2nccn2C1. The number of urea groups is 1. The molecule has 1 saturated heterocycles. The molecule has 120 valence electrons. The first-order valence-corrected chi connectivity index (χ1v) is 7.90. The maximum atomic E-state index is 11.5. The molecule has 22 heavy (non-hydrogen) atoms. The van der Waals surface area contributed by atoms with Gasteiger partial charge < -0.3 is 14.8 Å². The lowest BCUT2D eigenvalue weighted by Crippen LogP contribution is -2.35. The summed E-state index contributed by atoms with van der Waals surface area (Å²) in [5.74, 6) is 1.72. The third-order valence-corrected chi connectivity index (χ3v) is 4.46. The number of aromatic nitrogens is 2. The number of hydrogen-bond donors (Lipinski definition) is 1. The van der Waals surface area contributed by atoms with Crippen molar-refractivity contribution in [1.29, 1.82) is 0 Å². The highest BCUT2D eigenvalue weighted by atomic mass is 16.2. The van der Waals surface area contributed by atoms with Gasteiger partial charge in [0.05, 0.1) is 6.54 Å². The third kappa shape index (κ3) is 3.30. The van der Waals surface area contributed by atoms with Gasteiger partial charge in [0.1, 0.15) is 5.82 Å². The molecule has 3 amide bonds. The van der Waals surface area contributed by atoms with Gasteiger partial charge in [-0.25, -0.2) is 9.78 Å². The largest absolute Gasteiger partial charge is 0.335 e. The van der Waals surface area contributed by atoms with Gasteiger partial charge in [0.15, 0.2) is 0 Å². The van der Waals surface area contributed by atoms with Gasteiger partial charge in [-0.05, 0) is 32.4 Å². The summed E-state index contributed by atoms with van der Waals surface area (Å²) in [6.45, 7) is 3.62. The van der Waals surface area contributed by atoms with Crippen LogP contribution in [0, 0.1) is 5.92 Å². The van der Waals surface area contributed by atoms with Crippen LogP contribution in [0.15, 0.2) is 12.4 Å². The summed E-state index contributed by atoms with van der Waals surface area (Å²) in [6.07, 6.45) is 6.97. The third-order valence-electron chi connectivity index (χ3n) is 4.46. The molecule has 0 aromatic carbocycles. The highest BCUT2D eigenvalue weighted by Gasteiger charge is 2.27. The Labute approximate surface area is 130 Å². The van der Waals surface area contributed by atoms with Gasteiger partial charge in [-0.1, -0.05) is 0 Å². The molecule has 1 unspecified atom stereocenters. The van der Waals surface area contributed by atoms with Crippen LogP contribution in [0.4, 0.5) is 4.79 Å². The van der Waals surface area contributed by atoms with Gasteiger partial charge in [-0.15, -0.1) is 0 Å². The number of fused-ring (bicyclic) bond motifs is 1. The van der Waals surface area contributed by atoms with Crippen molar-refractivity contribution in [2.24, 2.45) is 5.92 Å². The zero-order chi connectivity index (χ0) is 15.5. The second-order valence-electron chi connectivity index (χ2n) is 6.22. The molecule has 0 radical (unpaired) electrons. The minimum absolute atomic E-state index is 0.118. The lowest BCUT2D eigenvalue weighted by Gasteiger charge is -2.28. The number of amides is 3. The Bertz CT molecular complexity index is 540. The maximum Gasteiger partial charge on any atom is 0.324 e. The number of nitrogens with zero attached hydrogens (tertiary/aromatic N) is 4. The highest BCUT2D eigenvalue weighted by Crippen LogP contribution is 2.19. The average Bonchev–Trinajstić information content (AvgIpc) is 3.07. The predicted molar refractivity (Wildman–Crippen MR) is 81.3 cm³/mol. The van der Waals surface area contributed by atoms with Crippen LogP contribution in [-0.4, -0.2) is 64.5 Å². The van der Waals surface area contributed by atoms with Crippen molar-refractivity contribution in [2.45, 2.75) is 25.8 Å². The average molecular weight is 305 g/mol. The van der Waals surface area contributed by atoms with E-state index in [0.717, 1.165) is 32.5 Å². The van der Waals surface area contributed by atoms with Crippen LogP contribution < -0.4 is 5.32 Å². The molecule has 0 bridgehead atoms. The molecule has 1 aromatic rings. The fraction of sp³-hybridized carbons (Fsp3) is 0.667. The van der Waals surface area contributed by atoms with Crippen molar-refractivity contribution in [3.05, 3.63) is 18.2 Å². The standard InChI is InChI=1S/C15H23N5O2/c1-18(6-2-7-20-14(21)9-17-15(20)22)10-12-3-4-13-16-5-8-19(13)11-12/h5,8,12H,2-4,6-7,9-11H2,1H3,(H,17,22). The van der Waals surface area contributed by atoms with Gasteiger partial charge in [0, 0.05) is 38.4 Å². The van der Waals surface area contributed by atoms with Gasteiger partial charge in [0.25, 0.3) is 0 Å². The molecular formula is C15H23N5O2. The maximum absolute atomic E-state index is 11.5. The van der Waals surface area contributed by atoms with Crippen LogP contribution in [0.1, 0.15) is 18.7 Å². The molecule has 1 aromatic heterocycles. The molecule has 7 heteroatoms. The van der Waals surface area contributed by atoms with Crippen molar-refractivity contribution in [3.8, 4) is 0 Å². The number of aryl methyl sites for hydroxylation is 1. The van der Waals surface area contributed by atoms with Crippen LogP contribution in [-0.2, 0) is 17.8 Å². The normalized spacial score (nSPS) is 21.4. The van der Waals surface area contributed by atoms with Crippen molar-refractivity contribution in [1.82, 2.24) is 24.7 Å². The molecule has 3 rings (SSSR count). The predicted octanol–water partition coefficient (Wildman–Crippen LogP) is 0.319. The Balaban J connectivity index is 1.39. The first-order valence-electron chi connectivity index (χ1n) is 7.90. The molecule has 2 aliphatic rings. The molecular weight excluding hydrogens is 282 g/mol. The summed E-state index contributed by atoms with van der Waals surface area (Å²) in [5.41, 5.74) is 0. The van der Waals surface area contributed by atoms with E-state index in [1.165, 1.54) is 17.1 Å². The van der Waals surface area contributed by atoms with Crippen LogP contribution in [0.3, 0.4) is 0 Å². The van der Waals surface area contributed by atoms with Gasteiger partial charge >= 0.3 is 6.03 Å². The van der Waals surface area contributed by atoms with E-state index in [2.05, 4.69) is 33.0 Å². The number of nitrogens with one attached hydrogen (secondary N) is 1. The van der Waals surface area contributed by atoms with E-state index < -0.39 is 0 Å². The molecule has 1 fully saturated rings. The lowest BCUT2D eigenvalue weighted by atomic mass is 9.99. The van der Waals surface area contributed by atoms with Gasteiger partial charge in [-0.2, -0.15) is 0 Å². The van der Waals surface area contributed by atoms with Crippen molar-refractivity contribution in [2.75, 3.05) is 33.2 Å². The molecule has 1 N–H and O–H groups in total. The smallest absolute Gasteiger partial charge is 0.324 e.